The Morgan fingerprint density at radius 1 is 1.07 bits per heavy atom. The van der Waals surface area contributed by atoms with Gasteiger partial charge in [0, 0.05) is 43.6 Å². The Balaban J connectivity index is 1.43. The fourth-order valence-corrected chi connectivity index (χ4v) is 3.83. The van der Waals surface area contributed by atoms with E-state index in [4.69, 9.17) is 4.84 Å². The van der Waals surface area contributed by atoms with Crippen molar-refractivity contribution in [3.05, 3.63) is 36.7 Å². The van der Waals surface area contributed by atoms with Gasteiger partial charge in [0.05, 0.1) is 12.6 Å². The van der Waals surface area contributed by atoms with Crippen LogP contribution < -0.4 is 15.3 Å². The second-order valence-electron chi connectivity index (χ2n) is 7.98. The monoisotopic (exact) mass is 382 g/mol. The lowest BCUT2D eigenvalue weighted by molar-refractivity contribution is 0.150. The molecule has 2 aromatic rings. The number of hydrogen-bond donors (Lipinski definition) is 1. The summed E-state index contributed by atoms with van der Waals surface area (Å²) in [6.45, 7) is 9.54. The minimum absolute atomic E-state index is 0.352. The summed E-state index contributed by atoms with van der Waals surface area (Å²) in [6, 6.07) is 10.9. The van der Waals surface area contributed by atoms with Gasteiger partial charge in [0.15, 0.2) is 5.82 Å². The normalized spacial score (nSPS) is 20.8. The van der Waals surface area contributed by atoms with Crippen LogP contribution in [-0.2, 0) is 4.84 Å². The molecule has 2 aliphatic rings. The highest BCUT2D eigenvalue weighted by Crippen LogP contribution is 2.28. The van der Waals surface area contributed by atoms with Crippen molar-refractivity contribution in [2.45, 2.75) is 26.3 Å². The van der Waals surface area contributed by atoms with E-state index in [1.54, 1.807) is 6.33 Å². The number of piperazine rings is 1. The number of rotatable bonds is 5. The zero-order chi connectivity index (χ0) is 19.5. The molecule has 0 spiro atoms. The maximum atomic E-state index is 5.81. The highest BCUT2D eigenvalue weighted by molar-refractivity contribution is 5.62. The van der Waals surface area contributed by atoms with E-state index in [2.05, 4.69) is 70.2 Å². The average Bonchev–Trinajstić information content (AvgIpc) is 3.20. The van der Waals surface area contributed by atoms with Crippen LogP contribution in [-0.4, -0.2) is 60.7 Å². The van der Waals surface area contributed by atoms with Crippen molar-refractivity contribution in [1.82, 2.24) is 14.9 Å². The van der Waals surface area contributed by atoms with Crippen molar-refractivity contribution in [3.63, 3.8) is 0 Å². The zero-order valence-electron chi connectivity index (χ0n) is 17.0. The molecule has 3 heterocycles. The Bertz CT molecular complexity index is 773. The van der Waals surface area contributed by atoms with Crippen LogP contribution in [0.1, 0.15) is 20.3 Å². The van der Waals surface area contributed by atoms with E-state index in [0.717, 1.165) is 56.5 Å². The number of anilines is 4. The SMILES string of the molecule is CC(C)C1CCON1c1cc(Nc2ccc(N3CCN(C)CC3)cc2)ncn1. The van der Waals surface area contributed by atoms with Gasteiger partial charge in [-0.25, -0.2) is 15.0 Å². The smallest absolute Gasteiger partial charge is 0.158 e. The van der Waals surface area contributed by atoms with E-state index in [1.807, 2.05) is 11.1 Å². The molecule has 0 aliphatic carbocycles. The Kier molecular flexibility index (Phi) is 5.64. The van der Waals surface area contributed by atoms with Crippen molar-refractivity contribution < 1.29 is 4.84 Å². The standard InChI is InChI=1S/C21H30N6O/c1-16(2)19-8-13-28-27(19)21-14-20(22-15-23-21)24-17-4-6-18(7-5-17)26-11-9-25(3)10-12-26/h4-7,14-16,19H,8-13H2,1-3H3,(H,22,23,24). The Morgan fingerprint density at radius 2 is 1.82 bits per heavy atom. The molecule has 7 nitrogen and oxygen atoms in total. The maximum absolute atomic E-state index is 5.81. The Hall–Kier alpha value is -2.38. The molecule has 0 amide bonds. The fraction of sp³-hybridized carbons (Fsp3) is 0.524. The molecule has 1 N–H and O–H groups in total. The highest BCUT2D eigenvalue weighted by atomic mass is 16.7. The second kappa shape index (κ2) is 8.32. The van der Waals surface area contributed by atoms with Crippen LogP contribution in [0.5, 0.6) is 0 Å². The van der Waals surface area contributed by atoms with E-state index < -0.39 is 0 Å². The molecule has 0 saturated carbocycles. The molecular formula is C21H30N6O. The molecule has 150 valence electrons. The van der Waals surface area contributed by atoms with Gasteiger partial charge in [-0.3, -0.25) is 4.84 Å². The van der Waals surface area contributed by atoms with Gasteiger partial charge in [0.25, 0.3) is 0 Å². The summed E-state index contributed by atoms with van der Waals surface area (Å²) in [5, 5.41) is 5.33. The number of benzene rings is 1. The summed E-state index contributed by atoms with van der Waals surface area (Å²) in [5.74, 6) is 2.09. The summed E-state index contributed by atoms with van der Waals surface area (Å²) in [6.07, 6.45) is 2.62. The highest BCUT2D eigenvalue weighted by Gasteiger charge is 2.30. The van der Waals surface area contributed by atoms with Gasteiger partial charge in [-0.1, -0.05) is 13.8 Å². The second-order valence-corrected chi connectivity index (χ2v) is 7.98. The largest absolute Gasteiger partial charge is 0.369 e. The van der Waals surface area contributed by atoms with Gasteiger partial charge in [-0.05, 0) is 43.7 Å². The molecule has 4 rings (SSSR count). The summed E-state index contributed by atoms with van der Waals surface area (Å²) in [4.78, 5) is 19.4. The van der Waals surface area contributed by atoms with Crippen molar-refractivity contribution in [3.8, 4) is 0 Å². The third kappa shape index (κ3) is 4.20. The first-order valence-corrected chi connectivity index (χ1v) is 10.1. The number of hydroxylamine groups is 1. The molecule has 1 unspecified atom stereocenters. The fourth-order valence-electron chi connectivity index (χ4n) is 3.83. The lowest BCUT2D eigenvalue weighted by atomic mass is 10.0. The van der Waals surface area contributed by atoms with Crippen molar-refractivity contribution in [1.29, 1.82) is 0 Å². The minimum Gasteiger partial charge on any atom is -0.369 e. The quantitative estimate of drug-likeness (QED) is 0.852. The number of nitrogens with zero attached hydrogens (tertiary/aromatic N) is 5. The van der Waals surface area contributed by atoms with E-state index in [1.165, 1.54) is 5.69 Å². The van der Waals surface area contributed by atoms with Crippen LogP contribution in [0.15, 0.2) is 36.7 Å². The van der Waals surface area contributed by atoms with E-state index >= 15 is 0 Å². The van der Waals surface area contributed by atoms with Crippen molar-refractivity contribution in [2.75, 3.05) is 55.1 Å². The zero-order valence-corrected chi connectivity index (χ0v) is 17.0. The van der Waals surface area contributed by atoms with Crippen LogP contribution in [0, 0.1) is 5.92 Å². The maximum Gasteiger partial charge on any atom is 0.158 e. The number of hydrogen-bond acceptors (Lipinski definition) is 7. The third-order valence-corrected chi connectivity index (χ3v) is 5.60. The molecule has 2 saturated heterocycles. The minimum atomic E-state index is 0.352. The predicted molar refractivity (Wildman–Crippen MR) is 113 cm³/mol. The molecule has 0 radical (unpaired) electrons. The van der Waals surface area contributed by atoms with Gasteiger partial charge in [0.1, 0.15) is 12.1 Å². The van der Waals surface area contributed by atoms with Crippen LogP contribution >= 0.6 is 0 Å². The van der Waals surface area contributed by atoms with Gasteiger partial charge in [-0.15, -0.1) is 0 Å². The van der Waals surface area contributed by atoms with Gasteiger partial charge in [-0.2, -0.15) is 0 Å². The molecule has 1 atom stereocenters. The molecule has 2 aliphatic heterocycles. The molecule has 1 aromatic heterocycles. The lowest BCUT2D eigenvalue weighted by Crippen LogP contribution is -2.44. The van der Waals surface area contributed by atoms with Crippen LogP contribution in [0.3, 0.4) is 0 Å². The Morgan fingerprint density at radius 3 is 2.54 bits per heavy atom. The first-order valence-electron chi connectivity index (χ1n) is 10.1. The van der Waals surface area contributed by atoms with E-state index in [0.29, 0.717) is 12.0 Å². The summed E-state index contributed by atoms with van der Waals surface area (Å²) >= 11 is 0. The van der Waals surface area contributed by atoms with Crippen molar-refractivity contribution in [2.24, 2.45) is 5.92 Å². The summed E-state index contributed by atoms with van der Waals surface area (Å²) in [7, 11) is 2.18. The molecule has 2 fully saturated rings. The third-order valence-electron chi connectivity index (χ3n) is 5.60. The van der Waals surface area contributed by atoms with Crippen LogP contribution in [0.2, 0.25) is 0 Å². The predicted octanol–water partition coefficient (Wildman–Crippen LogP) is 3.14. The summed E-state index contributed by atoms with van der Waals surface area (Å²) in [5.41, 5.74) is 2.29. The molecule has 0 bridgehead atoms. The van der Waals surface area contributed by atoms with E-state index in [9.17, 15) is 0 Å². The lowest BCUT2D eigenvalue weighted by Gasteiger charge is -2.34. The Labute approximate surface area is 167 Å². The topological polar surface area (TPSA) is 56.8 Å². The average molecular weight is 383 g/mol. The van der Waals surface area contributed by atoms with Crippen LogP contribution in [0.4, 0.5) is 23.0 Å². The molecule has 28 heavy (non-hydrogen) atoms. The van der Waals surface area contributed by atoms with Gasteiger partial charge >= 0.3 is 0 Å². The first-order chi connectivity index (χ1) is 13.6. The van der Waals surface area contributed by atoms with Gasteiger partial charge < -0.3 is 15.1 Å². The van der Waals surface area contributed by atoms with Crippen LogP contribution in [0.25, 0.3) is 0 Å². The molecular weight excluding hydrogens is 352 g/mol. The molecule has 7 heteroatoms. The van der Waals surface area contributed by atoms with E-state index in [-0.39, 0.29) is 0 Å². The first kappa shape index (κ1) is 19.0. The number of nitrogens with one attached hydrogen (secondary N) is 1. The van der Waals surface area contributed by atoms with Crippen molar-refractivity contribution >= 4 is 23.0 Å². The van der Waals surface area contributed by atoms with Gasteiger partial charge in [0.2, 0.25) is 0 Å². The number of likely N-dealkylation sites (N-methyl/N-ethyl adjacent to an activating group) is 1. The molecule has 1 aromatic carbocycles. The number of aromatic nitrogens is 2. The summed E-state index contributed by atoms with van der Waals surface area (Å²) < 4.78 is 0.